The zero-order chi connectivity index (χ0) is 76.8. The number of aromatic nitrogens is 1. The number of nitrogens with zero attached hydrogens (tertiary/aromatic N) is 1. The highest BCUT2D eigenvalue weighted by Crippen LogP contribution is 2.43. The third kappa shape index (κ3) is 5.83. The fourth-order valence-electron chi connectivity index (χ4n) is 8.13. The van der Waals surface area contributed by atoms with Crippen LogP contribution in [0.5, 0.6) is 17.2 Å². The second kappa shape index (κ2) is 15.0. The van der Waals surface area contributed by atoms with Gasteiger partial charge in [0.05, 0.1) is 64.5 Å². The van der Waals surface area contributed by atoms with Crippen molar-refractivity contribution < 1.29 is 62.9 Å². The van der Waals surface area contributed by atoms with Gasteiger partial charge >= 0.3 is 6.92 Å². The van der Waals surface area contributed by atoms with Gasteiger partial charge in [-0.15, -0.1) is 0 Å². The predicted molar refractivity (Wildman–Crippen MR) is 273 cm³/mol. The van der Waals surface area contributed by atoms with Crippen LogP contribution in [0.15, 0.2) is 242 Å². The van der Waals surface area contributed by atoms with Gasteiger partial charge in [0.25, 0.3) is 0 Å². The van der Waals surface area contributed by atoms with Crippen molar-refractivity contribution in [3.63, 3.8) is 0 Å². The molecule has 0 fully saturated rings. The standard InChI is InChI=1S/C60H40BNO2Si/c1-4-21-45(22-5-1)65(46-23-6-2-7-24-46,47-25-8-3-9-26-47)59-34-17-13-27-48(59)42-35-36-53-57(39-42)63-58-40-43(38-52-51-30-12-16-33-56(51)64-61(53)60(52)58)41-19-18-20-44(37-41)62-54-31-14-10-28-49(54)50-29-11-15-32-55(50)62/h1-40H/i1D,2D,3D,4D,5D,6D,7D,8D,9D,10D,11D,12D,13D,14D,15D,16D,17D,18D,19D,20D,21D,22D,23D,24D,25D,26D,27D,28D,29D,31D,32D,33D,34D,35D,36D,37D,38D,39D,40D. The summed E-state index contributed by atoms with van der Waals surface area (Å²) >= 11 is 0. The van der Waals surface area contributed by atoms with Gasteiger partial charge in [-0.3, -0.25) is 0 Å². The SMILES string of the molecule is [2H]c1cc2c(c([2H])c1[2H])OB1c3c([2H])c([2H])c(-c4c([2H])c([2H])c([2H])c([2H])c4[Si](c4c([2H])c([2H])c([2H])c([2H])c4[2H])(c4c([2H])c([2H])c([2H])c([2H])c4[2H])c4c([2H])c([2H])c([2H])c([2H])c4[2H])c([2H])c3Oc3c([2H])c(-c4c([2H])c([2H])c([2H])c(-n5c6c([2H])c([2H])c([2H])c([2H])c6c6c([2H])c([2H])c([2H])c([2H])c65)c4[2H])c([2H])c-2c31. The highest BCUT2D eigenvalue weighted by Gasteiger charge is 2.44. The summed E-state index contributed by atoms with van der Waals surface area (Å²) in [5, 5.41) is -6.26. The second-order valence-electron chi connectivity index (χ2n) is 14.1. The average Bonchev–Trinajstić information content (AvgIpc) is 0.927. The van der Waals surface area contributed by atoms with Gasteiger partial charge in [0, 0.05) is 32.9 Å². The summed E-state index contributed by atoms with van der Waals surface area (Å²) in [7, 11) is -6.72. The van der Waals surface area contributed by atoms with Crippen LogP contribution in [0.2, 0.25) is 0 Å². The average molecular weight is 885 g/mol. The Morgan fingerprint density at radius 2 is 1.02 bits per heavy atom. The maximum absolute atomic E-state index is 10.4. The maximum Gasteiger partial charge on any atom is 0.434 e. The highest BCUT2D eigenvalue weighted by atomic mass is 28.3. The van der Waals surface area contributed by atoms with Gasteiger partial charge in [0.1, 0.15) is 17.2 Å². The van der Waals surface area contributed by atoms with E-state index in [1.165, 1.54) is 0 Å². The first kappa shape index (κ1) is 15.3. The summed E-state index contributed by atoms with van der Waals surface area (Å²) in [6, 6.07) is -44.5. The Bertz CT molecular complexity index is 5620. The third-order valence-corrected chi connectivity index (χ3v) is 14.9. The maximum atomic E-state index is 10.4. The number of hydrogen-bond acceptors (Lipinski definition) is 2. The van der Waals surface area contributed by atoms with E-state index in [0.29, 0.717) is 4.57 Å². The van der Waals surface area contributed by atoms with Gasteiger partial charge in [-0.25, -0.2) is 0 Å². The van der Waals surface area contributed by atoms with E-state index in [1.54, 1.807) is 0 Å². The quantitative estimate of drug-likeness (QED) is 0.118. The highest BCUT2D eigenvalue weighted by molar-refractivity contribution is 7.20. The first-order valence-electron chi connectivity index (χ1n) is 38.7. The molecule has 0 atom stereocenters. The molecule has 10 aromatic carbocycles. The van der Waals surface area contributed by atoms with Crippen LogP contribution in [0.3, 0.4) is 0 Å². The molecular formula is C60H40BNO2Si. The Kier molecular flexibility index (Phi) is 3.53. The molecule has 2 aliphatic heterocycles. The minimum Gasteiger partial charge on any atom is -0.551 e. The molecule has 3 nitrogen and oxygen atoms in total. The van der Waals surface area contributed by atoms with E-state index in [9.17, 15) is 27.4 Å². The molecule has 0 bridgehead atoms. The van der Waals surface area contributed by atoms with Crippen LogP contribution in [0, 0.1) is 0 Å². The molecule has 3 heterocycles. The molecule has 0 saturated heterocycles. The van der Waals surface area contributed by atoms with Crippen LogP contribution in [0.25, 0.3) is 60.9 Å². The van der Waals surface area contributed by atoms with Crippen molar-refractivity contribution in [1.82, 2.24) is 4.57 Å². The van der Waals surface area contributed by atoms with E-state index in [4.69, 9.17) is 35.4 Å². The van der Waals surface area contributed by atoms with Crippen molar-refractivity contribution in [3.05, 3.63) is 242 Å². The van der Waals surface area contributed by atoms with E-state index in [0.717, 1.165) is 6.07 Å². The van der Waals surface area contributed by atoms with E-state index < -0.39 is 360 Å². The minimum atomic E-state index is -6.72. The molecule has 5 heteroatoms. The first-order chi connectivity index (χ1) is 48.5. The third-order valence-electron chi connectivity index (χ3n) is 10.8. The molecule has 0 saturated carbocycles. The van der Waals surface area contributed by atoms with Crippen LogP contribution in [0.1, 0.15) is 53.5 Å². The van der Waals surface area contributed by atoms with Crippen LogP contribution in [0.4, 0.5) is 0 Å². The summed E-state index contributed by atoms with van der Waals surface area (Å²) in [6.45, 7) is -2.15. The van der Waals surface area contributed by atoms with Gasteiger partial charge in [-0.05, 0) is 96.9 Å². The normalized spacial score (nSPS) is 20.9. The minimum absolute atomic E-state index is 0.433. The van der Waals surface area contributed by atoms with Gasteiger partial charge in [-0.1, -0.05) is 193 Å². The number of fused-ring (bicyclic) bond motifs is 7. The Morgan fingerprint density at radius 1 is 0.415 bits per heavy atom. The fourth-order valence-corrected chi connectivity index (χ4v) is 11.9. The van der Waals surface area contributed by atoms with Crippen LogP contribution in [-0.4, -0.2) is 19.6 Å². The summed E-state index contributed by atoms with van der Waals surface area (Å²) in [5.74, 6) is -2.69. The van der Waals surface area contributed by atoms with E-state index in [-0.39, 0.29) is 0 Å². The lowest BCUT2D eigenvalue weighted by Gasteiger charge is -2.36. The lowest BCUT2D eigenvalue weighted by Crippen LogP contribution is -2.75. The Labute approximate surface area is 434 Å². The van der Waals surface area contributed by atoms with Crippen molar-refractivity contribution in [2.75, 3.05) is 0 Å². The van der Waals surface area contributed by atoms with Gasteiger partial charge in [0.15, 0.2) is 8.07 Å². The summed E-state index contributed by atoms with van der Waals surface area (Å²) in [6.07, 6.45) is 0. The van der Waals surface area contributed by atoms with Crippen molar-refractivity contribution >= 4 is 68.5 Å². The first-order valence-corrected chi connectivity index (χ1v) is 21.2. The van der Waals surface area contributed by atoms with Crippen molar-refractivity contribution in [2.45, 2.75) is 0 Å². The van der Waals surface area contributed by atoms with Crippen LogP contribution in [-0.2, 0) is 0 Å². The lowest BCUT2D eigenvalue weighted by atomic mass is 9.50. The van der Waals surface area contributed by atoms with E-state index >= 15 is 0 Å². The molecule has 2 aliphatic rings. The van der Waals surface area contributed by atoms with Gasteiger partial charge < -0.3 is 14.0 Å². The molecule has 0 radical (unpaired) electrons. The topological polar surface area (TPSA) is 23.4 Å². The van der Waals surface area contributed by atoms with E-state index in [1.807, 2.05) is 0 Å². The molecule has 65 heavy (non-hydrogen) atoms. The number of benzene rings is 10. The summed E-state index contributed by atoms with van der Waals surface area (Å²) < 4.78 is 378. The lowest BCUT2D eigenvalue weighted by molar-refractivity contribution is 0.480. The zero-order valence-corrected chi connectivity index (χ0v) is 33.4. The molecule has 0 unspecified atom stereocenters. The number of rotatable bonds is 7. The molecule has 304 valence electrons. The van der Waals surface area contributed by atoms with Crippen molar-refractivity contribution in [3.8, 4) is 56.3 Å². The zero-order valence-electron chi connectivity index (χ0n) is 71.4. The molecular weight excluding hydrogens is 806 g/mol. The summed E-state index contributed by atoms with van der Waals surface area (Å²) in [4.78, 5) is 0. The Hall–Kier alpha value is -8.12. The molecule has 13 rings (SSSR count). The molecule has 0 amide bonds. The summed E-state index contributed by atoms with van der Waals surface area (Å²) in [5.41, 5.74) is -9.02. The number of hydrogen-bond donors (Lipinski definition) is 0. The molecule has 0 spiro atoms. The smallest absolute Gasteiger partial charge is 0.434 e. The monoisotopic (exact) mass is 885 g/mol. The fraction of sp³-hybridized carbons (Fsp3) is 0. The van der Waals surface area contributed by atoms with Crippen LogP contribution >= 0.6 is 0 Å². The molecule has 0 N–H and O–H groups in total. The number of ether oxygens (including phenoxy) is 1. The van der Waals surface area contributed by atoms with Gasteiger partial charge in [-0.2, -0.15) is 0 Å². The van der Waals surface area contributed by atoms with Gasteiger partial charge in [0.2, 0.25) is 0 Å². The molecule has 11 aromatic rings. The van der Waals surface area contributed by atoms with Crippen LogP contribution < -0.4 is 41.1 Å². The largest absolute Gasteiger partial charge is 0.551 e. The van der Waals surface area contributed by atoms with Crippen molar-refractivity contribution in [1.29, 1.82) is 0 Å². The predicted octanol–water partition coefficient (Wildman–Crippen LogP) is 10.8. The Morgan fingerprint density at radius 3 is 1.71 bits per heavy atom. The second-order valence-corrected chi connectivity index (χ2v) is 17.6. The Balaban J connectivity index is 1.22. The molecule has 1 aromatic heterocycles. The number of para-hydroxylation sites is 3. The van der Waals surface area contributed by atoms with E-state index in [2.05, 4.69) is 0 Å². The molecule has 0 aliphatic carbocycles. The van der Waals surface area contributed by atoms with Crippen molar-refractivity contribution in [2.24, 2.45) is 0 Å².